The van der Waals surface area contributed by atoms with Crippen LogP contribution in [0.15, 0.2) is 12.2 Å². The molecule has 9 heavy (non-hydrogen) atoms. The van der Waals surface area contributed by atoms with Crippen LogP contribution in [0.2, 0.25) is 0 Å². The Morgan fingerprint density at radius 1 is 1.56 bits per heavy atom. The zero-order valence-electron chi connectivity index (χ0n) is 6.19. The van der Waals surface area contributed by atoms with Gasteiger partial charge in [-0.1, -0.05) is 20.4 Å². The summed E-state index contributed by atoms with van der Waals surface area (Å²) in [5.41, 5.74) is 0.637. The smallest absolute Gasteiger partial charge is 0.246 e. The van der Waals surface area contributed by atoms with Gasteiger partial charge >= 0.3 is 0 Å². The number of likely N-dealkylation sites (N-methyl/N-ethyl adjacent to an activating group) is 1. The maximum absolute atomic E-state index is 10.7. The van der Waals surface area contributed by atoms with Crippen molar-refractivity contribution in [3.05, 3.63) is 12.2 Å². The standard InChI is InChI=1S/C7H13NO/c1-5(2)6(3)7(9)8-4/h5H,3H2,1-2,4H3,(H,8,9). The molecule has 0 aromatic rings. The van der Waals surface area contributed by atoms with Crippen molar-refractivity contribution in [3.63, 3.8) is 0 Å². The van der Waals surface area contributed by atoms with E-state index in [0.29, 0.717) is 5.57 Å². The highest BCUT2D eigenvalue weighted by Crippen LogP contribution is 2.04. The molecule has 0 aliphatic heterocycles. The van der Waals surface area contributed by atoms with Gasteiger partial charge in [-0.25, -0.2) is 0 Å². The van der Waals surface area contributed by atoms with Crippen LogP contribution in [-0.2, 0) is 4.79 Å². The van der Waals surface area contributed by atoms with Crippen molar-refractivity contribution in [3.8, 4) is 0 Å². The van der Waals surface area contributed by atoms with E-state index in [1.807, 2.05) is 13.8 Å². The molecule has 1 N–H and O–H groups in total. The van der Waals surface area contributed by atoms with Crippen LogP contribution in [0.4, 0.5) is 0 Å². The monoisotopic (exact) mass is 127 g/mol. The summed E-state index contributed by atoms with van der Waals surface area (Å²) >= 11 is 0. The minimum absolute atomic E-state index is 0.0648. The number of carbonyl (C=O) groups excluding carboxylic acids is 1. The third-order valence-electron chi connectivity index (χ3n) is 1.22. The van der Waals surface area contributed by atoms with Crippen LogP contribution in [0, 0.1) is 5.92 Å². The zero-order chi connectivity index (χ0) is 7.44. The molecular weight excluding hydrogens is 114 g/mol. The first-order valence-electron chi connectivity index (χ1n) is 3.00. The third kappa shape index (κ3) is 2.31. The van der Waals surface area contributed by atoms with E-state index in [1.54, 1.807) is 7.05 Å². The maximum atomic E-state index is 10.7. The molecule has 0 aromatic carbocycles. The van der Waals surface area contributed by atoms with Gasteiger partial charge < -0.3 is 5.32 Å². The average Bonchev–Trinajstić information content (AvgIpc) is 1.84. The second kappa shape index (κ2) is 3.28. The van der Waals surface area contributed by atoms with E-state index >= 15 is 0 Å². The van der Waals surface area contributed by atoms with Crippen molar-refractivity contribution in [1.29, 1.82) is 0 Å². The Balaban J connectivity index is 3.89. The van der Waals surface area contributed by atoms with Crippen molar-refractivity contribution in [2.75, 3.05) is 7.05 Å². The molecule has 0 unspecified atom stereocenters. The molecule has 0 aromatic heterocycles. The quantitative estimate of drug-likeness (QED) is 0.550. The van der Waals surface area contributed by atoms with E-state index in [4.69, 9.17) is 0 Å². The van der Waals surface area contributed by atoms with Crippen molar-refractivity contribution in [1.82, 2.24) is 5.32 Å². The molecule has 2 nitrogen and oxygen atoms in total. The number of carbonyl (C=O) groups is 1. The Kier molecular flexibility index (Phi) is 2.99. The van der Waals surface area contributed by atoms with Gasteiger partial charge in [-0.05, 0) is 5.92 Å². The summed E-state index contributed by atoms with van der Waals surface area (Å²) in [6.07, 6.45) is 0. The molecule has 0 aliphatic rings. The normalized spacial score (nSPS) is 9.33. The van der Waals surface area contributed by atoms with Crippen LogP contribution >= 0.6 is 0 Å². The summed E-state index contributed by atoms with van der Waals surface area (Å²) in [6.45, 7) is 7.50. The van der Waals surface area contributed by atoms with E-state index in [9.17, 15) is 4.79 Å². The molecule has 1 amide bonds. The molecule has 0 radical (unpaired) electrons. The Hall–Kier alpha value is -0.790. The minimum Gasteiger partial charge on any atom is -0.355 e. The predicted octanol–water partition coefficient (Wildman–Crippen LogP) is 0.945. The summed E-state index contributed by atoms with van der Waals surface area (Å²) in [7, 11) is 1.61. The van der Waals surface area contributed by atoms with Gasteiger partial charge in [-0.2, -0.15) is 0 Å². The SMILES string of the molecule is C=C(C(=O)NC)C(C)C. The van der Waals surface area contributed by atoms with Gasteiger partial charge in [0, 0.05) is 12.6 Å². The molecule has 0 rings (SSSR count). The van der Waals surface area contributed by atoms with Gasteiger partial charge in [0.2, 0.25) is 5.91 Å². The van der Waals surface area contributed by atoms with Crippen molar-refractivity contribution in [2.45, 2.75) is 13.8 Å². The Morgan fingerprint density at radius 3 is 2.11 bits per heavy atom. The molecule has 0 saturated heterocycles. The fourth-order valence-corrected chi connectivity index (χ4v) is 0.423. The molecule has 0 atom stereocenters. The summed E-state index contributed by atoms with van der Waals surface area (Å²) in [6, 6.07) is 0. The van der Waals surface area contributed by atoms with Crippen LogP contribution < -0.4 is 5.32 Å². The van der Waals surface area contributed by atoms with Crippen LogP contribution in [-0.4, -0.2) is 13.0 Å². The predicted molar refractivity (Wildman–Crippen MR) is 38.0 cm³/mol. The van der Waals surface area contributed by atoms with Gasteiger partial charge in [0.15, 0.2) is 0 Å². The van der Waals surface area contributed by atoms with Crippen LogP contribution in [0.3, 0.4) is 0 Å². The van der Waals surface area contributed by atoms with Crippen LogP contribution in [0.25, 0.3) is 0 Å². The number of rotatable bonds is 2. The first-order chi connectivity index (χ1) is 4.09. The van der Waals surface area contributed by atoms with Crippen molar-refractivity contribution in [2.24, 2.45) is 5.92 Å². The second-order valence-electron chi connectivity index (χ2n) is 2.26. The summed E-state index contributed by atoms with van der Waals surface area (Å²) in [5, 5.41) is 2.51. The maximum Gasteiger partial charge on any atom is 0.246 e. The lowest BCUT2D eigenvalue weighted by molar-refractivity contribution is -0.117. The molecular formula is C7H13NO. The summed E-state index contributed by atoms with van der Waals surface area (Å²) in [5.74, 6) is 0.176. The first kappa shape index (κ1) is 8.21. The molecule has 0 aliphatic carbocycles. The Labute approximate surface area is 56.0 Å². The van der Waals surface area contributed by atoms with E-state index in [1.165, 1.54) is 0 Å². The fourth-order valence-electron chi connectivity index (χ4n) is 0.423. The van der Waals surface area contributed by atoms with E-state index < -0.39 is 0 Å². The Bertz CT molecular complexity index is 127. The summed E-state index contributed by atoms with van der Waals surface area (Å²) < 4.78 is 0. The van der Waals surface area contributed by atoms with Gasteiger partial charge in [0.1, 0.15) is 0 Å². The highest BCUT2D eigenvalue weighted by atomic mass is 16.1. The third-order valence-corrected chi connectivity index (χ3v) is 1.22. The summed E-state index contributed by atoms with van der Waals surface area (Å²) in [4.78, 5) is 10.7. The fraction of sp³-hybridized carbons (Fsp3) is 0.571. The highest BCUT2D eigenvalue weighted by molar-refractivity contribution is 5.92. The largest absolute Gasteiger partial charge is 0.355 e. The lowest BCUT2D eigenvalue weighted by Crippen LogP contribution is -2.21. The molecule has 0 saturated carbocycles. The van der Waals surface area contributed by atoms with E-state index in [0.717, 1.165) is 0 Å². The van der Waals surface area contributed by atoms with E-state index in [-0.39, 0.29) is 11.8 Å². The highest BCUT2D eigenvalue weighted by Gasteiger charge is 2.06. The van der Waals surface area contributed by atoms with Gasteiger partial charge in [0.05, 0.1) is 0 Å². The van der Waals surface area contributed by atoms with Gasteiger partial charge in [-0.3, -0.25) is 4.79 Å². The molecule has 2 heteroatoms. The van der Waals surface area contributed by atoms with Crippen LogP contribution in [0.1, 0.15) is 13.8 Å². The molecule has 0 bridgehead atoms. The van der Waals surface area contributed by atoms with Gasteiger partial charge in [-0.15, -0.1) is 0 Å². The second-order valence-corrected chi connectivity index (χ2v) is 2.26. The van der Waals surface area contributed by atoms with Crippen LogP contribution in [0.5, 0.6) is 0 Å². The molecule has 0 spiro atoms. The zero-order valence-corrected chi connectivity index (χ0v) is 6.19. The number of nitrogens with one attached hydrogen (secondary N) is 1. The Morgan fingerprint density at radius 2 is 2.00 bits per heavy atom. The van der Waals surface area contributed by atoms with Crippen molar-refractivity contribution < 1.29 is 4.79 Å². The number of hydrogen-bond donors (Lipinski definition) is 1. The van der Waals surface area contributed by atoms with E-state index in [2.05, 4.69) is 11.9 Å². The average molecular weight is 127 g/mol. The van der Waals surface area contributed by atoms with Crippen molar-refractivity contribution >= 4 is 5.91 Å². The van der Waals surface area contributed by atoms with Gasteiger partial charge in [0.25, 0.3) is 0 Å². The number of hydrogen-bond acceptors (Lipinski definition) is 1. The lowest BCUT2D eigenvalue weighted by atomic mass is 10.1. The topological polar surface area (TPSA) is 29.1 Å². The molecule has 52 valence electrons. The lowest BCUT2D eigenvalue weighted by Gasteiger charge is -2.05. The molecule has 0 heterocycles. The number of amides is 1. The molecule has 0 fully saturated rings. The first-order valence-corrected chi connectivity index (χ1v) is 3.00. The minimum atomic E-state index is -0.0648.